The Kier molecular flexibility index (Phi) is 5.77. The summed E-state index contributed by atoms with van der Waals surface area (Å²) in [7, 11) is 0. The molecule has 0 amide bonds. The molecule has 3 rings (SSSR count). The lowest BCUT2D eigenvalue weighted by Crippen LogP contribution is -2.49. The molecule has 2 aliphatic rings. The van der Waals surface area contributed by atoms with Gasteiger partial charge in [0.1, 0.15) is 0 Å². The summed E-state index contributed by atoms with van der Waals surface area (Å²) in [5.41, 5.74) is 1.68. The van der Waals surface area contributed by atoms with Gasteiger partial charge in [0.15, 0.2) is 0 Å². The minimum Gasteiger partial charge on any atom is -0.307 e. The number of nitrogens with one attached hydrogen (secondary N) is 1. The maximum atomic E-state index is 6.00. The van der Waals surface area contributed by atoms with Crippen LogP contribution in [-0.4, -0.2) is 6.54 Å². The highest BCUT2D eigenvalue weighted by Gasteiger charge is 2.38. The first-order valence-electron chi connectivity index (χ1n) is 7.80. The fourth-order valence-corrected chi connectivity index (χ4v) is 3.72. The Hall–Kier alpha value is -0.240. The minimum absolute atomic E-state index is 0. The summed E-state index contributed by atoms with van der Waals surface area (Å²) in [6.45, 7) is 1.20. The summed E-state index contributed by atoms with van der Waals surface area (Å²) in [5.74, 6) is 0.901. The van der Waals surface area contributed by atoms with E-state index in [1.54, 1.807) is 0 Å². The van der Waals surface area contributed by atoms with Crippen LogP contribution in [0, 0.1) is 5.92 Å². The topological polar surface area (TPSA) is 12.0 Å². The first-order chi connectivity index (χ1) is 9.28. The Morgan fingerprint density at radius 1 is 1.00 bits per heavy atom. The molecule has 2 fully saturated rings. The van der Waals surface area contributed by atoms with Gasteiger partial charge in [-0.2, -0.15) is 0 Å². The first kappa shape index (κ1) is 16.1. The van der Waals surface area contributed by atoms with Crippen molar-refractivity contribution in [1.29, 1.82) is 0 Å². The Labute approximate surface area is 133 Å². The standard InChI is InChI=1S/C17H24ClN.ClH/c18-16-9-7-15(8-10-16)17(11-4-12-17)19-13-14-5-2-1-3-6-14;/h7-10,14,19H,1-6,11-13H2;1H. The maximum Gasteiger partial charge on any atom is 0.0434 e. The summed E-state index contributed by atoms with van der Waals surface area (Å²) in [6, 6.07) is 8.46. The third-order valence-electron chi connectivity index (χ3n) is 5.06. The van der Waals surface area contributed by atoms with Crippen LogP contribution in [0.3, 0.4) is 0 Å². The van der Waals surface area contributed by atoms with Crippen LogP contribution in [0.4, 0.5) is 0 Å². The molecular weight excluding hydrogens is 289 g/mol. The molecule has 3 heteroatoms. The molecular formula is C17H25Cl2N. The van der Waals surface area contributed by atoms with Gasteiger partial charge in [0.05, 0.1) is 0 Å². The largest absolute Gasteiger partial charge is 0.307 e. The Morgan fingerprint density at radius 2 is 1.65 bits per heavy atom. The zero-order valence-electron chi connectivity index (χ0n) is 12.0. The average molecular weight is 314 g/mol. The molecule has 0 unspecified atom stereocenters. The van der Waals surface area contributed by atoms with Crippen LogP contribution < -0.4 is 5.32 Å². The molecule has 0 radical (unpaired) electrons. The average Bonchev–Trinajstić information content (AvgIpc) is 2.41. The van der Waals surface area contributed by atoms with E-state index in [9.17, 15) is 0 Å². The van der Waals surface area contributed by atoms with E-state index in [1.807, 2.05) is 12.1 Å². The third kappa shape index (κ3) is 3.50. The number of rotatable bonds is 4. The molecule has 0 heterocycles. The van der Waals surface area contributed by atoms with E-state index in [1.165, 1.54) is 63.5 Å². The van der Waals surface area contributed by atoms with Gasteiger partial charge in [-0.25, -0.2) is 0 Å². The van der Waals surface area contributed by atoms with Crippen molar-refractivity contribution >= 4 is 24.0 Å². The van der Waals surface area contributed by atoms with Crippen molar-refractivity contribution in [2.24, 2.45) is 5.92 Å². The number of hydrogen-bond acceptors (Lipinski definition) is 1. The lowest BCUT2D eigenvalue weighted by atomic mass is 9.71. The predicted octanol–water partition coefficient (Wildman–Crippen LogP) is 5.31. The van der Waals surface area contributed by atoms with Crippen LogP contribution >= 0.6 is 24.0 Å². The van der Waals surface area contributed by atoms with Gasteiger partial charge in [0, 0.05) is 10.6 Å². The molecule has 1 aromatic rings. The van der Waals surface area contributed by atoms with Crippen LogP contribution in [0.15, 0.2) is 24.3 Å². The molecule has 0 aromatic heterocycles. The van der Waals surface area contributed by atoms with Crippen molar-refractivity contribution in [3.63, 3.8) is 0 Å². The minimum atomic E-state index is 0. The molecule has 112 valence electrons. The second-order valence-corrected chi connectivity index (χ2v) is 6.76. The zero-order valence-corrected chi connectivity index (χ0v) is 13.6. The van der Waals surface area contributed by atoms with E-state index in [-0.39, 0.29) is 17.9 Å². The Balaban J connectivity index is 0.00000147. The Bertz CT molecular complexity index is 406. The lowest BCUT2D eigenvalue weighted by Gasteiger charge is -2.44. The molecule has 0 atom stereocenters. The van der Waals surface area contributed by atoms with Crippen molar-refractivity contribution in [2.45, 2.75) is 56.9 Å². The van der Waals surface area contributed by atoms with Crippen LogP contribution in [0.5, 0.6) is 0 Å². The summed E-state index contributed by atoms with van der Waals surface area (Å²) in [4.78, 5) is 0. The summed E-state index contributed by atoms with van der Waals surface area (Å²) in [6.07, 6.45) is 11.1. The highest BCUT2D eigenvalue weighted by atomic mass is 35.5. The molecule has 1 aromatic carbocycles. The second-order valence-electron chi connectivity index (χ2n) is 6.33. The van der Waals surface area contributed by atoms with Crippen molar-refractivity contribution in [1.82, 2.24) is 5.32 Å². The van der Waals surface area contributed by atoms with Gasteiger partial charge in [-0.05, 0) is 62.3 Å². The second kappa shape index (κ2) is 7.15. The molecule has 2 aliphatic carbocycles. The van der Waals surface area contributed by atoms with Crippen LogP contribution in [-0.2, 0) is 5.54 Å². The molecule has 0 aliphatic heterocycles. The molecule has 0 saturated heterocycles. The predicted molar refractivity (Wildman–Crippen MR) is 88.8 cm³/mol. The number of halogens is 2. The van der Waals surface area contributed by atoms with E-state index >= 15 is 0 Å². The lowest BCUT2D eigenvalue weighted by molar-refractivity contribution is 0.167. The quantitative estimate of drug-likeness (QED) is 0.794. The van der Waals surface area contributed by atoms with Crippen molar-refractivity contribution in [3.8, 4) is 0 Å². The van der Waals surface area contributed by atoms with E-state index in [0.29, 0.717) is 0 Å². The normalized spacial score (nSPS) is 21.9. The monoisotopic (exact) mass is 313 g/mol. The maximum absolute atomic E-state index is 6.00. The third-order valence-corrected chi connectivity index (χ3v) is 5.31. The molecule has 1 N–H and O–H groups in total. The molecule has 0 bridgehead atoms. The van der Waals surface area contributed by atoms with E-state index in [4.69, 9.17) is 11.6 Å². The van der Waals surface area contributed by atoms with Gasteiger partial charge in [0.25, 0.3) is 0 Å². The summed E-state index contributed by atoms with van der Waals surface area (Å²) < 4.78 is 0. The molecule has 2 saturated carbocycles. The number of hydrogen-bond donors (Lipinski definition) is 1. The highest BCUT2D eigenvalue weighted by Crippen LogP contribution is 2.42. The number of benzene rings is 1. The van der Waals surface area contributed by atoms with Crippen LogP contribution in [0.25, 0.3) is 0 Å². The van der Waals surface area contributed by atoms with Gasteiger partial charge in [-0.15, -0.1) is 12.4 Å². The van der Waals surface area contributed by atoms with E-state index in [0.717, 1.165) is 10.9 Å². The smallest absolute Gasteiger partial charge is 0.0434 e. The van der Waals surface area contributed by atoms with Gasteiger partial charge in [-0.3, -0.25) is 0 Å². The van der Waals surface area contributed by atoms with Crippen LogP contribution in [0.2, 0.25) is 5.02 Å². The fourth-order valence-electron chi connectivity index (χ4n) is 3.60. The van der Waals surface area contributed by atoms with Gasteiger partial charge < -0.3 is 5.32 Å². The SMILES string of the molecule is Cl.Clc1ccc(C2(NCC3CCCCC3)CCC2)cc1. The van der Waals surface area contributed by atoms with Crippen LogP contribution in [0.1, 0.15) is 56.9 Å². The fraction of sp³-hybridized carbons (Fsp3) is 0.647. The van der Waals surface area contributed by atoms with Crippen molar-refractivity contribution in [3.05, 3.63) is 34.9 Å². The molecule has 1 nitrogen and oxygen atoms in total. The molecule has 0 spiro atoms. The summed E-state index contributed by atoms with van der Waals surface area (Å²) >= 11 is 6.00. The van der Waals surface area contributed by atoms with Crippen molar-refractivity contribution < 1.29 is 0 Å². The van der Waals surface area contributed by atoms with Gasteiger partial charge in [-0.1, -0.05) is 43.0 Å². The Morgan fingerprint density at radius 3 is 2.20 bits per heavy atom. The highest BCUT2D eigenvalue weighted by molar-refractivity contribution is 6.30. The van der Waals surface area contributed by atoms with Crippen molar-refractivity contribution in [2.75, 3.05) is 6.54 Å². The summed E-state index contributed by atoms with van der Waals surface area (Å²) in [5, 5.41) is 4.73. The van der Waals surface area contributed by atoms with E-state index in [2.05, 4.69) is 17.4 Å². The van der Waals surface area contributed by atoms with Gasteiger partial charge in [0.2, 0.25) is 0 Å². The molecule has 20 heavy (non-hydrogen) atoms. The first-order valence-corrected chi connectivity index (χ1v) is 8.17. The van der Waals surface area contributed by atoms with Gasteiger partial charge >= 0.3 is 0 Å². The zero-order chi connectivity index (χ0) is 13.1. The van der Waals surface area contributed by atoms with E-state index < -0.39 is 0 Å².